The second kappa shape index (κ2) is 3.62. The number of rotatable bonds is 1. The number of benzene rings is 1. The summed E-state index contributed by atoms with van der Waals surface area (Å²) in [6.45, 7) is 0. The maximum absolute atomic E-state index is 11.6. The maximum atomic E-state index is 11.6. The minimum absolute atomic E-state index is 0.171. The molecule has 0 bridgehead atoms. The average molecular weight is 267 g/mol. The van der Waals surface area contributed by atoms with Crippen LogP contribution in [0.4, 0.5) is 0 Å². The van der Waals surface area contributed by atoms with Crippen LogP contribution in [-0.4, -0.2) is 18.7 Å². The number of halogens is 1. The molecule has 0 aromatic heterocycles. The molecule has 0 heterocycles. The Morgan fingerprint density at radius 3 is 2.47 bits per heavy atom. The third-order valence-electron chi connectivity index (χ3n) is 2.21. The van der Waals surface area contributed by atoms with Gasteiger partial charge in [0, 0.05) is 5.56 Å². The number of carbonyl (C=O) groups excluding carboxylic acids is 2. The SMILES string of the molecule is COc1c(Br)ccc2c1C(=O)C=CC2=O. The summed E-state index contributed by atoms with van der Waals surface area (Å²) in [7, 11) is 1.47. The average Bonchev–Trinajstić information content (AvgIpc) is 2.23. The number of ketones is 2. The summed E-state index contributed by atoms with van der Waals surface area (Å²) in [5.41, 5.74) is 0.724. The molecule has 0 saturated heterocycles. The van der Waals surface area contributed by atoms with Crippen molar-refractivity contribution < 1.29 is 14.3 Å². The van der Waals surface area contributed by atoms with Gasteiger partial charge in [-0.3, -0.25) is 9.59 Å². The van der Waals surface area contributed by atoms with E-state index in [1.165, 1.54) is 19.3 Å². The number of ether oxygens (including phenoxy) is 1. The summed E-state index contributed by atoms with van der Waals surface area (Å²) >= 11 is 3.27. The fourth-order valence-electron chi connectivity index (χ4n) is 1.53. The molecule has 3 nitrogen and oxygen atoms in total. The van der Waals surface area contributed by atoms with Gasteiger partial charge in [-0.15, -0.1) is 0 Å². The molecule has 0 spiro atoms. The van der Waals surface area contributed by atoms with Gasteiger partial charge >= 0.3 is 0 Å². The summed E-state index contributed by atoms with van der Waals surface area (Å²) in [5, 5.41) is 0. The van der Waals surface area contributed by atoms with Crippen molar-refractivity contribution in [2.75, 3.05) is 7.11 Å². The minimum atomic E-state index is -0.206. The second-order valence-electron chi connectivity index (χ2n) is 3.07. The van der Waals surface area contributed by atoms with Crippen LogP contribution in [0.3, 0.4) is 0 Å². The zero-order chi connectivity index (χ0) is 11.0. The Morgan fingerprint density at radius 1 is 1.13 bits per heavy atom. The Bertz CT molecular complexity index is 489. The van der Waals surface area contributed by atoms with Gasteiger partial charge in [-0.25, -0.2) is 0 Å². The van der Waals surface area contributed by atoms with E-state index in [1.54, 1.807) is 12.1 Å². The van der Waals surface area contributed by atoms with Crippen LogP contribution >= 0.6 is 15.9 Å². The molecule has 0 aliphatic heterocycles. The van der Waals surface area contributed by atoms with Gasteiger partial charge in [0.15, 0.2) is 11.6 Å². The lowest BCUT2D eigenvalue weighted by atomic mass is 9.94. The number of hydrogen-bond donors (Lipinski definition) is 0. The lowest BCUT2D eigenvalue weighted by Gasteiger charge is -2.14. The lowest BCUT2D eigenvalue weighted by Crippen LogP contribution is -2.13. The van der Waals surface area contributed by atoms with Gasteiger partial charge in [0.2, 0.25) is 0 Å². The van der Waals surface area contributed by atoms with E-state index in [2.05, 4.69) is 15.9 Å². The van der Waals surface area contributed by atoms with E-state index in [0.717, 1.165) is 0 Å². The van der Waals surface area contributed by atoms with E-state index in [1.807, 2.05) is 0 Å². The molecule has 2 rings (SSSR count). The Labute approximate surface area is 94.9 Å². The van der Waals surface area contributed by atoms with Gasteiger partial charge in [-0.05, 0) is 40.2 Å². The van der Waals surface area contributed by atoms with Gasteiger partial charge < -0.3 is 4.74 Å². The predicted octanol–water partition coefficient (Wildman–Crippen LogP) is 2.39. The number of carbonyl (C=O) groups is 2. The van der Waals surface area contributed by atoms with Crippen LogP contribution in [0.5, 0.6) is 5.75 Å². The topological polar surface area (TPSA) is 43.4 Å². The maximum Gasteiger partial charge on any atom is 0.190 e. The van der Waals surface area contributed by atoms with E-state index in [9.17, 15) is 9.59 Å². The van der Waals surface area contributed by atoms with E-state index < -0.39 is 0 Å². The van der Waals surface area contributed by atoms with E-state index >= 15 is 0 Å². The number of allylic oxidation sites excluding steroid dienone is 2. The molecule has 1 aliphatic rings. The smallest absolute Gasteiger partial charge is 0.190 e. The highest BCUT2D eigenvalue weighted by Gasteiger charge is 2.24. The van der Waals surface area contributed by atoms with Gasteiger partial charge in [0.25, 0.3) is 0 Å². The lowest BCUT2D eigenvalue weighted by molar-refractivity contribution is 0.0991. The van der Waals surface area contributed by atoms with Crippen LogP contribution in [0.1, 0.15) is 20.7 Å². The van der Waals surface area contributed by atoms with Crippen LogP contribution in [0.25, 0.3) is 0 Å². The zero-order valence-electron chi connectivity index (χ0n) is 7.91. The second-order valence-corrected chi connectivity index (χ2v) is 3.92. The monoisotopic (exact) mass is 266 g/mol. The van der Waals surface area contributed by atoms with Crippen molar-refractivity contribution in [2.24, 2.45) is 0 Å². The Morgan fingerprint density at radius 2 is 1.80 bits per heavy atom. The highest BCUT2D eigenvalue weighted by Crippen LogP contribution is 2.33. The number of hydrogen-bond acceptors (Lipinski definition) is 3. The van der Waals surface area contributed by atoms with Crippen molar-refractivity contribution in [1.82, 2.24) is 0 Å². The molecule has 0 unspecified atom stereocenters. The summed E-state index contributed by atoms with van der Waals surface area (Å²) < 4.78 is 5.78. The van der Waals surface area contributed by atoms with Gasteiger partial charge in [0.1, 0.15) is 5.75 Å². The standard InChI is InChI=1S/C11H7BrO3/c1-15-11-7(12)3-2-6-8(13)4-5-9(14)10(6)11/h2-5H,1H3. The van der Waals surface area contributed by atoms with Crippen LogP contribution in [0.15, 0.2) is 28.8 Å². The first-order valence-corrected chi connectivity index (χ1v) is 5.07. The molecular formula is C11H7BrO3. The Kier molecular flexibility index (Phi) is 2.44. The van der Waals surface area contributed by atoms with Crippen molar-refractivity contribution in [3.63, 3.8) is 0 Å². The fraction of sp³-hybridized carbons (Fsp3) is 0.0909. The van der Waals surface area contributed by atoms with Crippen LogP contribution in [0, 0.1) is 0 Å². The van der Waals surface area contributed by atoms with Gasteiger partial charge in [-0.2, -0.15) is 0 Å². The van der Waals surface area contributed by atoms with E-state index in [-0.39, 0.29) is 11.6 Å². The quantitative estimate of drug-likeness (QED) is 0.784. The molecule has 0 atom stereocenters. The minimum Gasteiger partial charge on any atom is -0.495 e. The van der Waals surface area contributed by atoms with Crippen molar-refractivity contribution in [3.8, 4) is 5.75 Å². The normalized spacial score (nSPS) is 14.0. The van der Waals surface area contributed by atoms with Crippen molar-refractivity contribution >= 4 is 27.5 Å². The molecule has 1 aromatic carbocycles. The molecule has 0 N–H and O–H groups in total. The summed E-state index contributed by atoms with van der Waals surface area (Å²) in [4.78, 5) is 23.1. The first-order chi connectivity index (χ1) is 7.15. The first-order valence-electron chi connectivity index (χ1n) is 4.28. The van der Waals surface area contributed by atoms with Crippen LogP contribution in [-0.2, 0) is 0 Å². The van der Waals surface area contributed by atoms with Crippen LogP contribution < -0.4 is 4.74 Å². The highest BCUT2D eigenvalue weighted by atomic mass is 79.9. The number of fused-ring (bicyclic) bond motifs is 1. The van der Waals surface area contributed by atoms with Gasteiger partial charge in [0.05, 0.1) is 17.1 Å². The summed E-state index contributed by atoms with van der Waals surface area (Å²) in [5.74, 6) is 0.0355. The largest absolute Gasteiger partial charge is 0.495 e. The summed E-state index contributed by atoms with van der Waals surface area (Å²) in [6.07, 6.45) is 2.54. The summed E-state index contributed by atoms with van der Waals surface area (Å²) in [6, 6.07) is 3.31. The van der Waals surface area contributed by atoms with Gasteiger partial charge in [-0.1, -0.05) is 0 Å². The predicted molar refractivity (Wildman–Crippen MR) is 58.5 cm³/mol. The molecule has 15 heavy (non-hydrogen) atoms. The molecule has 4 heteroatoms. The molecule has 1 aliphatic carbocycles. The molecule has 0 amide bonds. The van der Waals surface area contributed by atoms with E-state index in [0.29, 0.717) is 21.3 Å². The fourth-order valence-corrected chi connectivity index (χ4v) is 2.02. The Hall–Kier alpha value is -1.42. The highest BCUT2D eigenvalue weighted by molar-refractivity contribution is 9.10. The van der Waals surface area contributed by atoms with Crippen molar-refractivity contribution in [2.45, 2.75) is 0 Å². The molecule has 76 valence electrons. The third kappa shape index (κ3) is 1.51. The van der Waals surface area contributed by atoms with E-state index in [4.69, 9.17) is 4.74 Å². The Balaban J connectivity index is 2.76. The zero-order valence-corrected chi connectivity index (χ0v) is 9.50. The molecular weight excluding hydrogens is 260 g/mol. The molecule has 0 radical (unpaired) electrons. The molecule has 1 aromatic rings. The first kappa shape index (κ1) is 10.1. The van der Waals surface area contributed by atoms with Crippen molar-refractivity contribution in [3.05, 3.63) is 39.9 Å². The molecule has 0 fully saturated rings. The number of methoxy groups -OCH3 is 1. The van der Waals surface area contributed by atoms with Crippen molar-refractivity contribution in [1.29, 1.82) is 0 Å². The van der Waals surface area contributed by atoms with Crippen LogP contribution in [0.2, 0.25) is 0 Å². The third-order valence-corrected chi connectivity index (χ3v) is 2.84. The molecule has 0 saturated carbocycles.